The van der Waals surface area contributed by atoms with Gasteiger partial charge in [-0.25, -0.2) is 8.42 Å². The van der Waals surface area contributed by atoms with Gasteiger partial charge < -0.3 is 9.88 Å². The molecule has 0 aliphatic rings. The van der Waals surface area contributed by atoms with E-state index in [0.717, 1.165) is 18.8 Å². The van der Waals surface area contributed by atoms with E-state index in [2.05, 4.69) is 15.1 Å². The van der Waals surface area contributed by atoms with Crippen molar-refractivity contribution < 1.29 is 8.42 Å². The van der Waals surface area contributed by atoms with Crippen molar-refractivity contribution in [3.63, 3.8) is 0 Å². The summed E-state index contributed by atoms with van der Waals surface area (Å²) >= 11 is 0. The maximum absolute atomic E-state index is 12.4. The van der Waals surface area contributed by atoms with Crippen molar-refractivity contribution in [2.45, 2.75) is 31.8 Å². The summed E-state index contributed by atoms with van der Waals surface area (Å²) in [6.45, 7) is 6.20. The molecule has 0 spiro atoms. The monoisotopic (exact) mass is 311 g/mol. The maximum atomic E-state index is 12.4. The molecule has 0 amide bonds. The molecule has 2 N–H and O–H groups in total. The van der Waals surface area contributed by atoms with Crippen molar-refractivity contribution >= 4 is 15.8 Å². The lowest BCUT2D eigenvalue weighted by atomic mass is 10.4. The van der Waals surface area contributed by atoms with E-state index in [9.17, 15) is 8.42 Å². The molecule has 0 aliphatic carbocycles. The molecule has 2 rings (SSSR count). The van der Waals surface area contributed by atoms with Gasteiger partial charge in [-0.1, -0.05) is 6.92 Å². The van der Waals surface area contributed by atoms with Crippen LogP contribution in [0.15, 0.2) is 29.4 Å². The van der Waals surface area contributed by atoms with Crippen LogP contribution < -0.4 is 10.0 Å². The average molecular weight is 311 g/mol. The third kappa shape index (κ3) is 3.64. The van der Waals surface area contributed by atoms with Crippen LogP contribution in [0.1, 0.15) is 19.5 Å². The van der Waals surface area contributed by atoms with Crippen LogP contribution in [0.4, 0.5) is 5.82 Å². The fraction of sp³-hybridized carbons (Fsp3) is 0.462. The normalized spacial score (nSPS) is 11.8. The Kier molecular flexibility index (Phi) is 4.69. The zero-order valence-electron chi connectivity index (χ0n) is 12.5. The predicted molar refractivity (Wildman–Crippen MR) is 81.5 cm³/mol. The molecule has 116 valence electrons. The van der Waals surface area contributed by atoms with Crippen LogP contribution in [0.25, 0.3) is 0 Å². The molecule has 7 nitrogen and oxygen atoms in total. The first-order valence-corrected chi connectivity index (χ1v) is 8.36. The third-order valence-electron chi connectivity index (χ3n) is 3.12. The Morgan fingerprint density at radius 3 is 2.67 bits per heavy atom. The van der Waals surface area contributed by atoms with Crippen molar-refractivity contribution in [2.75, 3.05) is 11.3 Å². The van der Waals surface area contributed by atoms with Gasteiger partial charge in [0.05, 0.1) is 0 Å². The lowest BCUT2D eigenvalue weighted by Gasteiger charge is -2.05. The summed E-state index contributed by atoms with van der Waals surface area (Å²) in [7, 11) is -1.88. The molecule has 0 saturated heterocycles. The number of anilines is 1. The number of hydrogen-bond acceptors (Lipinski definition) is 4. The van der Waals surface area contributed by atoms with Crippen molar-refractivity contribution in [1.29, 1.82) is 0 Å². The summed E-state index contributed by atoms with van der Waals surface area (Å²) < 4.78 is 30.7. The van der Waals surface area contributed by atoms with Gasteiger partial charge in [-0.15, -0.1) is 0 Å². The van der Waals surface area contributed by atoms with E-state index < -0.39 is 10.0 Å². The van der Waals surface area contributed by atoms with Crippen LogP contribution in [0.5, 0.6) is 0 Å². The molecule has 8 heteroatoms. The Morgan fingerprint density at radius 1 is 1.33 bits per heavy atom. The first kappa shape index (κ1) is 15.6. The molecular formula is C13H21N5O2S. The highest BCUT2D eigenvalue weighted by Gasteiger charge is 2.19. The molecule has 0 saturated carbocycles. The molecule has 0 fully saturated rings. The van der Waals surface area contributed by atoms with E-state index in [4.69, 9.17) is 0 Å². The summed E-state index contributed by atoms with van der Waals surface area (Å²) in [5.41, 5.74) is 0.945. The van der Waals surface area contributed by atoms with Crippen LogP contribution in [0.2, 0.25) is 0 Å². The van der Waals surface area contributed by atoms with E-state index in [0.29, 0.717) is 12.4 Å². The summed E-state index contributed by atoms with van der Waals surface area (Å²) in [6.07, 6.45) is 3.34. The molecule has 0 radical (unpaired) electrons. The van der Waals surface area contributed by atoms with E-state index in [1.807, 2.05) is 18.4 Å². The Balaban J connectivity index is 2.25. The van der Waals surface area contributed by atoms with Gasteiger partial charge in [-0.05, 0) is 19.5 Å². The number of sulfonamides is 1. The topological polar surface area (TPSA) is 81.0 Å². The summed E-state index contributed by atoms with van der Waals surface area (Å²) in [5.74, 6) is 0.315. The van der Waals surface area contributed by atoms with Crippen LogP contribution in [0, 0.1) is 0 Å². The molecule has 2 heterocycles. The molecule has 0 unspecified atom stereocenters. The fourth-order valence-corrected chi connectivity index (χ4v) is 3.09. The number of aryl methyl sites for hydroxylation is 2. The van der Waals surface area contributed by atoms with Crippen molar-refractivity contribution in [1.82, 2.24) is 19.7 Å². The summed E-state index contributed by atoms with van der Waals surface area (Å²) in [5, 5.41) is 7.23. The van der Waals surface area contributed by atoms with E-state index >= 15 is 0 Å². The predicted octanol–water partition coefficient (Wildman–Crippen LogP) is 1.15. The molecular weight excluding hydrogens is 290 g/mol. The quantitative estimate of drug-likeness (QED) is 0.804. The minimum absolute atomic E-state index is 0.253. The fourth-order valence-electron chi connectivity index (χ4n) is 2.03. The van der Waals surface area contributed by atoms with Gasteiger partial charge in [0.15, 0.2) is 5.82 Å². The molecule has 0 aliphatic heterocycles. The first-order valence-electron chi connectivity index (χ1n) is 6.88. The van der Waals surface area contributed by atoms with Gasteiger partial charge in [-0.3, -0.25) is 9.40 Å². The van der Waals surface area contributed by atoms with Gasteiger partial charge in [0.1, 0.15) is 4.90 Å². The molecule has 2 aromatic rings. The van der Waals surface area contributed by atoms with Crippen molar-refractivity contribution in [3.8, 4) is 0 Å². The molecule has 0 atom stereocenters. The number of nitrogens with zero attached hydrogens (tertiary/aromatic N) is 3. The number of aromatic nitrogens is 3. The Morgan fingerprint density at radius 2 is 2.10 bits per heavy atom. The van der Waals surface area contributed by atoms with Crippen LogP contribution in [-0.4, -0.2) is 29.3 Å². The highest BCUT2D eigenvalue weighted by atomic mass is 32.2. The smallest absolute Gasteiger partial charge is 0.264 e. The number of nitrogens with one attached hydrogen (secondary N) is 2. The highest BCUT2D eigenvalue weighted by Crippen LogP contribution is 2.18. The minimum atomic E-state index is -3.61. The number of rotatable bonds is 7. The zero-order valence-corrected chi connectivity index (χ0v) is 13.3. The van der Waals surface area contributed by atoms with Gasteiger partial charge in [-0.2, -0.15) is 5.10 Å². The second-order valence-electron chi connectivity index (χ2n) is 4.71. The van der Waals surface area contributed by atoms with E-state index in [1.54, 1.807) is 36.3 Å². The molecule has 21 heavy (non-hydrogen) atoms. The second kappa shape index (κ2) is 6.31. The summed E-state index contributed by atoms with van der Waals surface area (Å²) in [4.78, 5) is 0.253. The SMILES string of the molecule is CCNCc1cc(S(=O)(=O)Nc2ccn(C)n2)cn1CC. The Bertz CT molecular complexity index is 702. The van der Waals surface area contributed by atoms with Crippen LogP contribution in [0.3, 0.4) is 0 Å². The molecule has 0 bridgehead atoms. The first-order chi connectivity index (χ1) is 9.96. The second-order valence-corrected chi connectivity index (χ2v) is 6.40. The minimum Gasteiger partial charge on any atom is -0.349 e. The lowest BCUT2D eigenvalue weighted by molar-refractivity contribution is 0.600. The van der Waals surface area contributed by atoms with Gasteiger partial charge in [0, 0.05) is 44.3 Å². The standard InChI is InChI=1S/C13H21N5O2S/c1-4-14-9-11-8-12(10-18(11)5-2)21(19,20)16-13-6-7-17(3)15-13/h6-8,10,14H,4-5,9H2,1-3H3,(H,15,16). The summed E-state index contributed by atoms with van der Waals surface area (Å²) in [6, 6.07) is 3.31. The van der Waals surface area contributed by atoms with Crippen LogP contribution >= 0.6 is 0 Å². The molecule has 2 aromatic heterocycles. The van der Waals surface area contributed by atoms with Crippen molar-refractivity contribution in [2.24, 2.45) is 7.05 Å². The van der Waals surface area contributed by atoms with Crippen molar-refractivity contribution in [3.05, 3.63) is 30.2 Å². The van der Waals surface area contributed by atoms with E-state index in [-0.39, 0.29) is 4.90 Å². The van der Waals surface area contributed by atoms with Gasteiger partial charge >= 0.3 is 0 Å². The lowest BCUT2D eigenvalue weighted by Crippen LogP contribution is -2.14. The van der Waals surface area contributed by atoms with Gasteiger partial charge in [0.2, 0.25) is 0 Å². The average Bonchev–Trinajstić information content (AvgIpc) is 3.02. The Hall–Kier alpha value is -1.80. The third-order valence-corrected chi connectivity index (χ3v) is 4.44. The largest absolute Gasteiger partial charge is 0.349 e. The highest BCUT2D eigenvalue weighted by molar-refractivity contribution is 7.92. The Labute approximate surface area is 125 Å². The number of hydrogen-bond donors (Lipinski definition) is 2. The van der Waals surface area contributed by atoms with E-state index in [1.165, 1.54) is 0 Å². The maximum Gasteiger partial charge on any atom is 0.264 e. The zero-order chi connectivity index (χ0) is 15.5. The molecule has 0 aromatic carbocycles. The van der Waals surface area contributed by atoms with Gasteiger partial charge in [0.25, 0.3) is 10.0 Å². The van der Waals surface area contributed by atoms with Crippen LogP contribution in [-0.2, 0) is 30.2 Å².